The molecule has 0 saturated carbocycles. The lowest BCUT2D eigenvalue weighted by molar-refractivity contribution is 0.141. The number of aromatic nitrogens is 2. The van der Waals surface area contributed by atoms with Crippen molar-refractivity contribution in [1.29, 1.82) is 0 Å². The second-order valence-corrected chi connectivity index (χ2v) is 4.83. The van der Waals surface area contributed by atoms with Gasteiger partial charge in [-0.15, -0.1) is 0 Å². The lowest BCUT2D eigenvalue weighted by atomic mass is 10.1. The van der Waals surface area contributed by atoms with Gasteiger partial charge in [-0.3, -0.25) is 0 Å². The molecule has 1 N–H and O–H groups in total. The van der Waals surface area contributed by atoms with Crippen molar-refractivity contribution in [3.8, 4) is 11.3 Å². The molecule has 0 radical (unpaired) electrons. The van der Waals surface area contributed by atoms with E-state index in [0.29, 0.717) is 6.42 Å². The molecule has 0 aliphatic carbocycles. The monoisotopic (exact) mass is 248 g/mol. The van der Waals surface area contributed by atoms with Crippen LogP contribution in [0.15, 0.2) is 30.5 Å². The van der Waals surface area contributed by atoms with E-state index in [1.807, 2.05) is 30.5 Å². The number of hydrogen-bond donors (Lipinski definition) is 1. The molecule has 2 heterocycles. The summed E-state index contributed by atoms with van der Waals surface area (Å²) in [6.45, 7) is 0.844. The standard InChI is InChI=1S/C13H13ClN2O/c14-10-3-1-9(2-4-10)12-8-16-6-5-11(17)7-13(16)15-12/h1-4,8,11,17H,5-7H2. The van der Waals surface area contributed by atoms with Gasteiger partial charge < -0.3 is 9.67 Å². The molecule has 88 valence electrons. The van der Waals surface area contributed by atoms with E-state index in [-0.39, 0.29) is 6.10 Å². The molecule has 17 heavy (non-hydrogen) atoms. The smallest absolute Gasteiger partial charge is 0.112 e. The zero-order chi connectivity index (χ0) is 11.8. The maximum Gasteiger partial charge on any atom is 0.112 e. The summed E-state index contributed by atoms with van der Waals surface area (Å²) in [6, 6.07) is 7.66. The van der Waals surface area contributed by atoms with Gasteiger partial charge in [0.05, 0.1) is 11.8 Å². The molecule has 0 bridgehead atoms. The maximum atomic E-state index is 9.60. The summed E-state index contributed by atoms with van der Waals surface area (Å²) in [5.41, 5.74) is 2.01. The molecule has 1 aliphatic rings. The van der Waals surface area contributed by atoms with E-state index in [4.69, 9.17) is 11.6 Å². The molecule has 1 aromatic heterocycles. The Morgan fingerprint density at radius 2 is 2.06 bits per heavy atom. The first-order chi connectivity index (χ1) is 8.22. The highest BCUT2D eigenvalue weighted by Crippen LogP contribution is 2.23. The Kier molecular flexibility index (Phi) is 2.65. The van der Waals surface area contributed by atoms with Crippen molar-refractivity contribution in [2.45, 2.75) is 25.5 Å². The summed E-state index contributed by atoms with van der Waals surface area (Å²) in [5, 5.41) is 10.3. The van der Waals surface area contributed by atoms with Crippen LogP contribution in [-0.2, 0) is 13.0 Å². The van der Waals surface area contributed by atoms with E-state index in [1.165, 1.54) is 0 Å². The molecule has 0 fully saturated rings. The number of rotatable bonds is 1. The quantitative estimate of drug-likeness (QED) is 0.842. The number of aliphatic hydroxyl groups excluding tert-OH is 1. The van der Waals surface area contributed by atoms with E-state index in [1.54, 1.807) is 0 Å². The molecule has 1 aromatic carbocycles. The van der Waals surface area contributed by atoms with Crippen LogP contribution in [0.1, 0.15) is 12.2 Å². The van der Waals surface area contributed by atoms with Crippen LogP contribution in [-0.4, -0.2) is 20.8 Å². The van der Waals surface area contributed by atoms with Gasteiger partial charge in [0.1, 0.15) is 5.82 Å². The average molecular weight is 249 g/mol. The highest BCUT2D eigenvalue weighted by Gasteiger charge is 2.18. The fraction of sp³-hybridized carbons (Fsp3) is 0.308. The van der Waals surface area contributed by atoms with Crippen molar-refractivity contribution in [2.24, 2.45) is 0 Å². The largest absolute Gasteiger partial charge is 0.393 e. The summed E-state index contributed by atoms with van der Waals surface area (Å²) in [7, 11) is 0. The molecule has 0 amide bonds. The van der Waals surface area contributed by atoms with E-state index in [9.17, 15) is 5.11 Å². The van der Waals surface area contributed by atoms with Crippen LogP contribution in [0.4, 0.5) is 0 Å². The first-order valence-corrected chi connectivity index (χ1v) is 6.10. The number of imidazole rings is 1. The third-order valence-corrected chi connectivity index (χ3v) is 3.37. The third-order valence-electron chi connectivity index (χ3n) is 3.12. The predicted molar refractivity (Wildman–Crippen MR) is 67.0 cm³/mol. The Morgan fingerprint density at radius 1 is 1.29 bits per heavy atom. The van der Waals surface area contributed by atoms with Crippen LogP contribution < -0.4 is 0 Å². The summed E-state index contributed by atoms with van der Waals surface area (Å²) < 4.78 is 2.12. The van der Waals surface area contributed by atoms with Crippen LogP contribution in [0.5, 0.6) is 0 Å². The summed E-state index contributed by atoms with van der Waals surface area (Å²) >= 11 is 5.86. The Bertz CT molecular complexity index is 533. The van der Waals surface area contributed by atoms with E-state index >= 15 is 0 Å². The molecule has 1 unspecified atom stereocenters. The Morgan fingerprint density at radius 3 is 2.82 bits per heavy atom. The summed E-state index contributed by atoms with van der Waals surface area (Å²) in [6.07, 6.45) is 3.25. The van der Waals surface area contributed by atoms with Gasteiger partial charge in [0.25, 0.3) is 0 Å². The lowest BCUT2D eigenvalue weighted by Crippen LogP contribution is -2.22. The topological polar surface area (TPSA) is 38.0 Å². The van der Waals surface area contributed by atoms with Gasteiger partial charge in [-0.05, 0) is 18.6 Å². The third kappa shape index (κ3) is 2.08. The SMILES string of the molecule is OC1CCn2cc(-c3ccc(Cl)cc3)nc2C1. The lowest BCUT2D eigenvalue weighted by Gasteiger charge is -2.18. The molecular weight excluding hydrogens is 236 g/mol. The fourth-order valence-electron chi connectivity index (χ4n) is 2.17. The number of fused-ring (bicyclic) bond motifs is 1. The van der Waals surface area contributed by atoms with E-state index in [2.05, 4.69) is 9.55 Å². The average Bonchev–Trinajstić information content (AvgIpc) is 2.72. The fourth-order valence-corrected chi connectivity index (χ4v) is 2.30. The van der Waals surface area contributed by atoms with E-state index < -0.39 is 0 Å². The highest BCUT2D eigenvalue weighted by atomic mass is 35.5. The number of aliphatic hydroxyl groups is 1. The summed E-state index contributed by atoms with van der Waals surface area (Å²) in [4.78, 5) is 4.56. The van der Waals surface area contributed by atoms with Crippen molar-refractivity contribution in [1.82, 2.24) is 9.55 Å². The zero-order valence-electron chi connectivity index (χ0n) is 9.31. The maximum absolute atomic E-state index is 9.60. The van der Waals surface area contributed by atoms with Crippen molar-refractivity contribution in [3.05, 3.63) is 41.3 Å². The molecule has 0 saturated heterocycles. The van der Waals surface area contributed by atoms with Crippen LogP contribution >= 0.6 is 11.6 Å². The highest BCUT2D eigenvalue weighted by molar-refractivity contribution is 6.30. The predicted octanol–water partition coefficient (Wildman–Crippen LogP) is 2.51. The van der Waals surface area contributed by atoms with Crippen molar-refractivity contribution in [3.63, 3.8) is 0 Å². The number of halogens is 1. The Balaban J connectivity index is 1.97. The first-order valence-electron chi connectivity index (χ1n) is 5.72. The number of nitrogens with zero attached hydrogens (tertiary/aromatic N) is 2. The minimum absolute atomic E-state index is 0.247. The van der Waals surface area contributed by atoms with Gasteiger partial charge in [-0.2, -0.15) is 0 Å². The van der Waals surface area contributed by atoms with Crippen molar-refractivity contribution >= 4 is 11.6 Å². The zero-order valence-corrected chi connectivity index (χ0v) is 10.1. The second kappa shape index (κ2) is 4.17. The number of benzene rings is 1. The molecule has 0 spiro atoms. The van der Waals surface area contributed by atoms with Gasteiger partial charge in [-0.1, -0.05) is 23.7 Å². The van der Waals surface area contributed by atoms with Crippen LogP contribution in [0.25, 0.3) is 11.3 Å². The van der Waals surface area contributed by atoms with Gasteiger partial charge in [0.2, 0.25) is 0 Å². The van der Waals surface area contributed by atoms with Crippen LogP contribution in [0, 0.1) is 0 Å². The van der Waals surface area contributed by atoms with E-state index in [0.717, 1.165) is 35.1 Å². The molecule has 2 aromatic rings. The minimum atomic E-state index is -0.247. The molecule has 4 heteroatoms. The van der Waals surface area contributed by atoms with Crippen molar-refractivity contribution in [2.75, 3.05) is 0 Å². The number of hydrogen-bond acceptors (Lipinski definition) is 2. The van der Waals surface area contributed by atoms with Gasteiger partial charge in [-0.25, -0.2) is 4.98 Å². The second-order valence-electron chi connectivity index (χ2n) is 4.39. The van der Waals surface area contributed by atoms with Gasteiger partial charge >= 0.3 is 0 Å². The van der Waals surface area contributed by atoms with Gasteiger partial charge in [0, 0.05) is 29.7 Å². The Hall–Kier alpha value is -1.32. The Labute approximate surface area is 105 Å². The first kappa shape index (κ1) is 10.8. The van der Waals surface area contributed by atoms with Crippen LogP contribution in [0.3, 0.4) is 0 Å². The molecular formula is C13H13ClN2O. The van der Waals surface area contributed by atoms with Crippen LogP contribution in [0.2, 0.25) is 5.02 Å². The molecule has 1 aliphatic heterocycles. The minimum Gasteiger partial charge on any atom is -0.393 e. The normalized spacial score (nSPS) is 19.1. The van der Waals surface area contributed by atoms with Gasteiger partial charge in [0.15, 0.2) is 0 Å². The molecule has 3 nitrogen and oxygen atoms in total. The molecule has 1 atom stereocenters. The number of aryl methyl sites for hydroxylation is 1. The molecule has 3 rings (SSSR count). The summed E-state index contributed by atoms with van der Waals surface area (Å²) in [5.74, 6) is 0.966. The van der Waals surface area contributed by atoms with Crippen molar-refractivity contribution < 1.29 is 5.11 Å².